The van der Waals surface area contributed by atoms with Crippen LogP contribution in [0.4, 0.5) is 4.39 Å². The minimum Gasteiger partial charge on any atom is -0.252 e. The molecule has 1 heterocycles. The smallest absolute Gasteiger partial charge is 0.123 e. The standard InChI is InChI=1S/C38H31FNP/c39-31-24-22-27(23-25-31)36-33-18-10-11-19-35(33)40-37(28-20-21-28)34(36)26-41(32-16-8-3-9-17-32)38(29-12-4-1-5-13-29)30-14-6-2-7-15-30/h1-19,22-25,28,38H,20-21,26H2. The third-order valence-electron chi connectivity index (χ3n) is 8.08. The Labute approximate surface area is 242 Å². The molecule has 1 saturated carbocycles. The second kappa shape index (κ2) is 11.4. The predicted octanol–water partition coefficient (Wildman–Crippen LogP) is 10.0. The van der Waals surface area contributed by atoms with Crippen molar-refractivity contribution in [3.05, 3.63) is 168 Å². The van der Waals surface area contributed by atoms with Crippen LogP contribution in [0, 0.1) is 5.82 Å². The predicted molar refractivity (Wildman–Crippen MR) is 171 cm³/mol. The summed E-state index contributed by atoms with van der Waals surface area (Å²) in [6, 6.07) is 48.5. The Morgan fingerprint density at radius 2 is 1.22 bits per heavy atom. The van der Waals surface area contributed by atoms with E-state index < -0.39 is 7.92 Å². The van der Waals surface area contributed by atoms with E-state index in [9.17, 15) is 4.39 Å². The number of nitrogens with zero attached hydrogens (tertiary/aromatic N) is 1. The van der Waals surface area contributed by atoms with Gasteiger partial charge in [0.15, 0.2) is 0 Å². The van der Waals surface area contributed by atoms with Crippen LogP contribution in [-0.4, -0.2) is 4.98 Å². The summed E-state index contributed by atoms with van der Waals surface area (Å²) >= 11 is 0. The minimum absolute atomic E-state index is 0.212. The molecule has 0 aliphatic heterocycles. The number of halogens is 1. The lowest BCUT2D eigenvalue weighted by molar-refractivity contribution is 0.628. The van der Waals surface area contributed by atoms with Gasteiger partial charge in [0.25, 0.3) is 0 Å². The molecule has 0 bridgehead atoms. The number of benzene rings is 5. The maximum Gasteiger partial charge on any atom is 0.123 e. The maximum atomic E-state index is 14.1. The SMILES string of the molecule is Fc1ccc(-c2c(CP(c3ccccc3)C(c3ccccc3)c3ccccc3)c(C3CC3)nc3ccccc23)cc1. The quantitative estimate of drug-likeness (QED) is 0.172. The average Bonchev–Trinajstić information content (AvgIpc) is 3.88. The van der Waals surface area contributed by atoms with Crippen LogP contribution in [0.15, 0.2) is 140 Å². The zero-order valence-corrected chi connectivity index (χ0v) is 23.7. The summed E-state index contributed by atoms with van der Waals surface area (Å²) in [6.45, 7) is 0. The molecule has 0 saturated heterocycles. The van der Waals surface area contributed by atoms with Crippen molar-refractivity contribution in [2.24, 2.45) is 0 Å². The molecule has 0 spiro atoms. The van der Waals surface area contributed by atoms with E-state index in [-0.39, 0.29) is 11.5 Å². The minimum atomic E-state index is -0.744. The fourth-order valence-electron chi connectivity index (χ4n) is 6.02. The first-order valence-electron chi connectivity index (χ1n) is 14.4. The number of para-hydroxylation sites is 1. The molecule has 200 valence electrons. The average molecular weight is 552 g/mol. The summed E-state index contributed by atoms with van der Waals surface area (Å²) in [5.41, 5.74) is 8.72. The number of fused-ring (bicyclic) bond motifs is 1. The van der Waals surface area contributed by atoms with Gasteiger partial charge >= 0.3 is 0 Å². The lowest BCUT2D eigenvalue weighted by Gasteiger charge is -2.31. The van der Waals surface area contributed by atoms with Gasteiger partial charge in [0.2, 0.25) is 0 Å². The van der Waals surface area contributed by atoms with Crippen LogP contribution in [-0.2, 0) is 6.16 Å². The molecule has 0 radical (unpaired) electrons. The molecule has 1 unspecified atom stereocenters. The van der Waals surface area contributed by atoms with Crippen molar-refractivity contribution in [2.45, 2.75) is 30.6 Å². The molecule has 0 amide bonds. The summed E-state index contributed by atoms with van der Waals surface area (Å²) in [6.07, 6.45) is 3.24. The van der Waals surface area contributed by atoms with E-state index in [0.717, 1.165) is 22.6 Å². The van der Waals surface area contributed by atoms with Gasteiger partial charge in [0, 0.05) is 28.8 Å². The third-order valence-corrected chi connectivity index (χ3v) is 10.9. The van der Waals surface area contributed by atoms with E-state index in [0.29, 0.717) is 5.92 Å². The number of pyridine rings is 1. The van der Waals surface area contributed by atoms with Gasteiger partial charge in [0.1, 0.15) is 5.82 Å². The lowest BCUT2D eigenvalue weighted by atomic mass is 9.93. The van der Waals surface area contributed by atoms with Crippen LogP contribution < -0.4 is 5.30 Å². The molecule has 0 N–H and O–H groups in total. The summed E-state index contributed by atoms with van der Waals surface area (Å²) in [4.78, 5) is 5.33. The maximum absolute atomic E-state index is 14.1. The van der Waals surface area contributed by atoms with Gasteiger partial charge in [-0.1, -0.05) is 129 Å². The highest BCUT2D eigenvalue weighted by atomic mass is 31.1. The Morgan fingerprint density at radius 3 is 1.83 bits per heavy atom. The Kier molecular flexibility index (Phi) is 7.17. The molecule has 1 aliphatic carbocycles. The van der Waals surface area contributed by atoms with E-state index in [1.165, 1.54) is 46.1 Å². The summed E-state index contributed by atoms with van der Waals surface area (Å²) in [7, 11) is -0.744. The van der Waals surface area contributed by atoms with Crippen LogP contribution in [0.2, 0.25) is 0 Å². The Hall–Kier alpha value is -4.13. The lowest BCUT2D eigenvalue weighted by Crippen LogP contribution is -2.13. The number of rotatable bonds is 8. The third kappa shape index (κ3) is 5.33. The van der Waals surface area contributed by atoms with E-state index >= 15 is 0 Å². The summed E-state index contributed by atoms with van der Waals surface area (Å²) in [5.74, 6) is 0.268. The largest absolute Gasteiger partial charge is 0.252 e. The molecule has 1 aromatic heterocycles. The highest BCUT2D eigenvalue weighted by Crippen LogP contribution is 2.58. The number of aromatic nitrogens is 1. The number of hydrogen-bond acceptors (Lipinski definition) is 1. The van der Waals surface area contributed by atoms with Crippen molar-refractivity contribution < 1.29 is 4.39 Å². The molecule has 1 nitrogen and oxygen atoms in total. The molecule has 41 heavy (non-hydrogen) atoms. The van der Waals surface area contributed by atoms with E-state index in [1.807, 2.05) is 12.1 Å². The van der Waals surface area contributed by atoms with Crippen molar-refractivity contribution in [2.75, 3.05) is 0 Å². The van der Waals surface area contributed by atoms with Crippen molar-refractivity contribution >= 4 is 24.1 Å². The summed E-state index contributed by atoms with van der Waals surface area (Å²) in [5, 5.41) is 2.51. The molecular formula is C38H31FNP. The zero-order chi connectivity index (χ0) is 27.6. The highest BCUT2D eigenvalue weighted by molar-refractivity contribution is 7.65. The second-order valence-electron chi connectivity index (χ2n) is 10.8. The first-order chi connectivity index (χ1) is 20.3. The Morgan fingerprint density at radius 1 is 0.659 bits per heavy atom. The molecule has 6 aromatic rings. The zero-order valence-electron chi connectivity index (χ0n) is 22.8. The van der Waals surface area contributed by atoms with Gasteiger partial charge in [-0.25, -0.2) is 4.39 Å². The molecule has 7 rings (SSSR count). The van der Waals surface area contributed by atoms with Crippen LogP contribution in [0.3, 0.4) is 0 Å². The fraction of sp³-hybridized carbons (Fsp3) is 0.132. The topological polar surface area (TPSA) is 12.9 Å². The highest BCUT2D eigenvalue weighted by Gasteiger charge is 2.34. The van der Waals surface area contributed by atoms with Crippen LogP contribution in [0.1, 0.15) is 46.8 Å². The van der Waals surface area contributed by atoms with Gasteiger partial charge in [-0.2, -0.15) is 0 Å². The normalized spacial score (nSPS) is 13.9. The van der Waals surface area contributed by atoms with Gasteiger partial charge in [-0.3, -0.25) is 4.98 Å². The van der Waals surface area contributed by atoms with Gasteiger partial charge in [-0.05, 0) is 64.2 Å². The van der Waals surface area contributed by atoms with Crippen molar-refractivity contribution in [3.63, 3.8) is 0 Å². The fourth-order valence-corrected chi connectivity index (χ4v) is 8.96. The van der Waals surface area contributed by atoms with Gasteiger partial charge in [-0.15, -0.1) is 0 Å². The Bertz CT molecular complexity index is 1730. The monoisotopic (exact) mass is 551 g/mol. The number of hydrogen-bond donors (Lipinski definition) is 0. The second-order valence-corrected chi connectivity index (χ2v) is 13.1. The van der Waals surface area contributed by atoms with Crippen molar-refractivity contribution in [3.8, 4) is 11.1 Å². The first kappa shape index (κ1) is 25.8. The molecule has 1 aliphatic rings. The van der Waals surface area contributed by atoms with E-state index in [1.54, 1.807) is 12.1 Å². The van der Waals surface area contributed by atoms with Crippen LogP contribution in [0.25, 0.3) is 22.0 Å². The van der Waals surface area contributed by atoms with E-state index in [2.05, 4.69) is 115 Å². The summed E-state index contributed by atoms with van der Waals surface area (Å²) < 4.78 is 14.1. The van der Waals surface area contributed by atoms with Gasteiger partial charge in [0.05, 0.1) is 5.52 Å². The van der Waals surface area contributed by atoms with Crippen molar-refractivity contribution in [1.29, 1.82) is 0 Å². The molecular weight excluding hydrogens is 520 g/mol. The Balaban J connectivity index is 1.49. The molecule has 3 heteroatoms. The van der Waals surface area contributed by atoms with Gasteiger partial charge < -0.3 is 0 Å². The molecule has 1 fully saturated rings. The molecule has 1 atom stereocenters. The van der Waals surface area contributed by atoms with E-state index in [4.69, 9.17) is 4.98 Å². The van der Waals surface area contributed by atoms with Crippen molar-refractivity contribution in [1.82, 2.24) is 4.98 Å². The first-order valence-corrected chi connectivity index (χ1v) is 15.9. The van der Waals surface area contributed by atoms with Crippen LogP contribution in [0.5, 0.6) is 0 Å². The van der Waals surface area contributed by atoms with Crippen LogP contribution >= 0.6 is 7.92 Å². The molecule has 5 aromatic carbocycles.